The lowest BCUT2D eigenvalue weighted by Crippen LogP contribution is -2.36. The van der Waals surface area contributed by atoms with Crippen LogP contribution in [0.25, 0.3) is 0 Å². The van der Waals surface area contributed by atoms with E-state index in [1.54, 1.807) is 26.0 Å². The quantitative estimate of drug-likeness (QED) is 0.620. The maximum Gasteiger partial charge on any atom is 0.295 e. The Labute approximate surface area is 112 Å². The van der Waals surface area contributed by atoms with Gasteiger partial charge in [0.15, 0.2) is 0 Å². The molecule has 2 rings (SSSR count). The van der Waals surface area contributed by atoms with E-state index in [0.717, 1.165) is 12.8 Å². The van der Waals surface area contributed by atoms with Crippen molar-refractivity contribution in [1.82, 2.24) is 0 Å². The number of anilines is 1. The molecule has 1 aromatic rings. The van der Waals surface area contributed by atoms with Crippen molar-refractivity contribution in [2.24, 2.45) is 5.92 Å². The molecule has 1 saturated heterocycles. The molecule has 5 heteroatoms. The average Bonchev–Trinajstić information content (AvgIpc) is 2.38. The second-order valence-electron chi connectivity index (χ2n) is 5.07. The van der Waals surface area contributed by atoms with Gasteiger partial charge < -0.3 is 4.90 Å². The minimum Gasteiger partial charge on any atom is -0.366 e. The van der Waals surface area contributed by atoms with Gasteiger partial charge in [0.05, 0.1) is 4.92 Å². The van der Waals surface area contributed by atoms with Gasteiger partial charge in [0, 0.05) is 24.6 Å². The Kier molecular flexibility index (Phi) is 3.83. The van der Waals surface area contributed by atoms with Gasteiger partial charge in [-0.2, -0.15) is 0 Å². The summed E-state index contributed by atoms with van der Waals surface area (Å²) in [7, 11) is 0. The van der Waals surface area contributed by atoms with Gasteiger partial charge in [-0.1, -0.05) is 12.1 Å². The summed E-state index contributed by atoms with van der Waals surface area (Å²) >= 11 is 0. The van der Waals surface area contributed by atoms with Crippen molar-refractivity contribution in [2.45, 2.75) is 26.7 Å². The summed E-state index contributed by atoms with van der Waals surface area (Å²) in [4.78, 5) is 24.2. The van der Waals surface area contributed by atoms with Crippen LogP contribution in [-0.4, -0.2) is 23.8 Å². The van der Waals surface area contributed by atoms with E-state index < -0.39 is 0 Å². The number of hydrogen-bond donors (Lipinski definition) is 0. The second-order valence-corrected chi connectivity index (χ2v) is 5.07. The number of ketones is 1. The first-order valence-electron chi connectivity index (χ1n) is 6.50. The molecule has 0 atom stereocenters. The number of piperidine rings is 1. The van der Waals surface area contributed by atoms with Crippen molar-refractivity contribution >= 4 is 17.2 Å². The number of nitro benzene ring substituents is 1. The highest BCUT2D eigenvalue weighted by molar-refractivity contribution is 5.78. The molecule has 0 radical (unpaired) electrons. The molecule has 0 N–H and O–H groups in total. The first-order chi connectivity index (χ1) is 9.00. The van der Waals surface area contributed by atoms with Gasteiger partial charge in [-0.3, -0.25) is 14.9 Å². The van der Waals surface area contributed by atoms with Crippen LogP contribution in [0, 0.1) is 23.0 Å². The normalized spacial score (nSPS) is 16.4. The van der Waals surface area contributed by atoms with Crippen molar-refractivity contribution in [2.75, 3.05) is 18.0 Å². The Morgan fingerprint density at radius 2 is 2.00 bits per heavy atom. The maximum absolute atomic E-state index is 11.3. The molecule has 1 aliphatic heterocycles. The molecular formula is C14H18N2O3. The van der Waals surface area contributed by atoms with Crippen LogP contribution in [0.1, 0.15) is 25.3 Å². The average molecular weight is 262 g/mol. The Bertz CT molecular complexity index is 505. The largest absolute Gasteiger partial charge is 0.366 e. The predicted molar refractivity (Wildman–Crippen MR) is 73.5 cm³/mol. The summed E-state index contributed by atoms with van der Waals surface area (Å²) in [5, 5.41) is 11.2. The van der Waals surface area contributed by atoms with Crippen LogP contribution in [0.15, 0.2) is 18.2 Å². The number of aryl methyl sites for hydroxylation is 1. The molecule has 5 nitrogen and oxygen atoms in total. The van der Waals surface area contributed by atoms with E-state index in [-0.39, 0.29) is 22.3 Å². The number of para-hydroxylation sites is 1. The van der Waals surface area contributed by atoms with Crippen LogP contribution >= 0.6 is 0 Å². The van der Waals surface area contributed by atoms with Gasteiger partial charge >= 0.3 is 0 Å². The minimum atomic E-state index is -0.318. The number of nitrogens with zero attached hydrogens (tertiary/aromatic N) is 2. The molecule has 0 saturated carbocycles. The summed E-state index contributed by atoms with van der Waals surface area (Å²) in [6.45, 7) is 4.78. The number of nitro groups is 1. The number of carbonyl (C=O) groups excluding carboxylic acids is 1. The summed E-state index contributed by atoms with van der Waals surface area (Å²) in [6.07, 6.45) is 1.56. The molecular weight excluding hydrogens is 244 g/mol. The molecule has 0 spiro atoms. The highest BCUT2D eigenvalue weighted by Gasteiger charge is 2.27. The minimum absolute atomic E-state index is 0.111. The SMILES string of the molecule is CC(=O)C1CCN(c2cccc(C)c2[N+](=O)[O-])CC1. The summed E-state index contributed by atoms with van der Waals surface area (Å²) in [6, 6.07) is 5.39. The fourth-order valence-electron chi connectivity index (χ4n) is 2.66. The molecule has 1 aromatic carbocycles. The topological polar surface area (TPSA) is 63.5 Å². The van der Waals surface area contributed by atoms with Crippen LogP contribution in [-0.2, 0) is 4.79 Å². The second kappa shape index (κ2) is 5.38. The smallest absolute Gasteiger partial charge is 0.295 e. The van der Waals surface area contributed by atoms with Gasteiger partial charge in [-0.05, 0) is 32.8 Å². The van der Waals surface area contributed by atoms with Crippen LogP contribution in [0.4, 0.5) is 11.4 Å². The van der Waals surface area contributed by atoms with E-state index in [1.165, 1.54) is 0 Å². The van der Waals surface area contributed by atoms with Crippen molar-refractivity contribution in [3.05, 3.63) is 33.9 Å². The third kappa shape index (κ3) is 2.75. The Morgan fingerprint density at radius 3 is 2.53 bits per heavy atom. The molecule has 102 valence electrons. The first-order valence-corrected chi connectivity index (χ1v) is 6.50. The van der Waals surface area contributed by atoms with Gasteiger partial charge in [0.25, 0.3) is 5.69 Å². The molecule has 0 amide bonds. The number of carbonyl (C=O) groups is 1. The summed E-state index contributed by atoms with van der Waals surface area (Å²) in [5.74, 6) is 0.332. The predicted octanol–water partition coefficient (Wildman–Crippen LogP) is 2.71. The van der Waals surface area contributed by atoms with Crippen LogP contribution in [0.5, 0.6) is 0 Å². The number of rotatable bonds is 3. The Balaban J connectivity index is 2.22. The highest BCUT2D eigenvalue weighted by atomic mass is 16.6. The molecule has 19 heavy (non-hydrogen) atoms. The van der Waals surface area contributed by atoms with E-state index in [2.05, 4.69) is 0 Å². The highest BCUT2D eigenvalue weighted by Crippen LogP contribution is 2.33. The maximum atomic E-state index is 11.3. The van der Waals surface area contributed by atoms with Crippen LogP contribution in [0.3, 0.4) is 0 Å². The number of Topliss-reactive ketones (excluding diaryl/α,β-unsaturated/α-hetero) is 1. The lowest BCUT2D eigenvalue weighted by atomic mass is 9.93. The van der Waals surface area contributed by atoms with E-state index >= 15 is 0 Å². The molecule has 1 aliphatic rings. The Hall–Kier alpha value is -1.91. The summed E-state index contributed by atoms with van der Waals surface area (Å²) in [5.41, 5.74) is 1.53. The molecule has 0 aromatic heterocycles. The van der Waals surface area contributed by atoms with Crippen LogP contribution in [0.2, 0.25) is 0 Å². The lowest BCUT2D eigenvalue weighted by Gasteiger charge is -2.32. The fraction of sp³-hybridized carbons (Fsp3) is 0.500. The van der Waals surface area contributed by atoms with Gasteiger partial charge in [-0.25, -0.2) is 0 Å². The molecule has 0 unspecified atom stereocenters. The third-order valence-electron chi connectivity index (χ3n) is 3.81. The zero-order valence-corrected chi connectivity index (χ0v) is 11.3. The standard InChI is InChI=1S/C14H18N2O3/c1-10-4-3-5-13(14(10)16(18)19)15-8-6-12(7-9-15)11(2)17/h3-5,12H,6-9H2,1-2H3. The number of benzene rings is 1. The van der Waals surface area contributed by atoms with Gasteiger partial charge in [0.2, 0.25) is 0 Å². The van der Waals surface area contributed by atoms with Crippen molar-refractivity contribution < 1.29 is 9.72 Å². The van der Waals surface area contributed by atoms with Crippen LogP contribution < -0.4 is 4.90 Å². The summed E-state index contributed by atoms with van der Waals surface area (Å²) < 4.78 is 0. The molecule has 0 bridgehead atoms. The zero-order valence-electron chi connectivity index (χ0n) is 11.3. The fourth-order valence-corrected chi connectivity index (χ4v) is 2.66. The molecule has 1 heterocycles. The molecule has 0 aliphatic carbocycles. The van der Waals surface area contributed by atoms with E-state index in [4.69, 9.17) is 0 Å². The number of hydrogen-bond acceptors (Lipinski definition) is 4. The third-order valence-corrected chi connectivity index (χ3v) is 3.81. The van der Waals surface area contributed by atoms with E-state index in [1.807, 2.05) is 11.0 Å². The lowest BCUT2D eigenvalue weighted by molar-refractivity contribution is -0.384. The zero-order chi connectivity index (χ0) is 14.0. The molecule has 1 fully saturated rings. The van der Waals surface area contributed by atoms with E-state index in [0.29, 0.717) is 24.3 Å². The van der Waals surface area contributed by atoms with E-state index in [9.17, 15) is 14.9 Å². The van der Waals surface area contributed by atoms with Crippen molar-refractivity contribution in [1.29, 1.82) is 0 Å². The Morgan fingerprint density at radius 1 is 1.37 bits per heavy atom. The van der Waals surface area contributed by atoms with Crippen molar-refractivity contribution in [3.63, 3.8) is 0 Å². The monoisotopic (exact) mass is 262 g/mol. The first kappa shape index (κ1) is 13.5. The van der Waals surface area contributed by atoms with Gasteiger partial charge in [0.1, 0.15) is 11.5 Å². The van der Waals surface area contributed by atoms with Gasteiger partial charge in [-0.15, -0.1) is 0 Å². The van der Waals surface area contributed by atoms with Crippen molar-refractivity contribution in [3.8, 4) is 0 Å².